The summed E-state index contributed by atoms with van der Waals surface area (Å²) in [7, 11) is 0. The molecule has 2 aromatic heterocycles. The van der Waals surface area contributed by atoms with Crippen LogP contribution in [-0.2, 0) is 9.53 Å². The average molecular weight is 369 g/mol. The van der Waals surface area contributed by atoms with Crippen LogP contribution in [0, 0.1) is 0 Å². The molecule has 0 radical (unpaired) electrons. The Hall–Kier alpha value is -2.03. The largest absolute Gasteiger partial charge is 0.449 e. The second-order valence-electron chi connectivity index (χ2n) is 5.73. The van der Waals surface area contributed by atoms with E-state index in [0.717, 1.165) is 4.47 Å². The number of nitrogens with zero attached hydrogens (tertiary/aromatic N) is 4. The van der Waals surface area contributed by atoms with Gasteiger partial charge in [-0.25, -0.2) is 4.98 Å². The molecule has 2 N–H and O–H groups in total. The van der Waals surface area contributed by atoms with Crippen LogP contribution in [0.15, 0.2) is 16.7 Å². The molecular weight excluding hydrogens is 352 g/mol. The molecule has 0 spiro atoms. The summed E-state index contributed by atoms with van der Waals surface area (Å²) in [6.45, 7) is 7.36. The van der Waals surface area contributed by atoms with Gasteiger partial charge in [-0.1, -0.05) is 5.21 Å². The van der Waals surface area contributed by atoms with Crippen molar-refractivity contribution in [3.63, 3.8) is 0 Å². The molecule has 118 valence electrons. The number of rotatable bonds is 4. The van der Waals surface area contributed by atoms with Gasteiger partial charge in [0.2, 0.25) is 5.82 Å². The summed E-state index contributed by atoms with van der Waals surface area (Å²) in [4.78, 5) is 15.8. The molecule has 0 aliphatic carbocycles. The van der Waals surface area contributed by atoms with E-state index in [4.69, 9.17) is 4.74 Å². The molecule has 0 fully saturated rings. The molecule has 1 unspecified atom stereocenters. The number of tetrazole rings is 1. The third kappa shape index (κ3) is 4.23. The molecule has 0 bridgehead atoms. The van der Waals surface area contributed by atoms with E-state index in [-0.39, 0.29) is 11.4 Å². The summed E-state index contributed by atoms with van der Waals surface area (Å²) in [6, 6.07) is 1.81. The second kappa shape index (κ2) is 6.39. The van der Waals surface area contributed by atoms with Crippen molar-refractivity contribution in [2.24, 2.45) is 0 Å². The molecule has 2 rings (SSSR count). The standard InChI is InChI=1S/C13H17BrN6O2/c1-7(21)22-10(12-17-19-20-18-12)9-5-8(14)6-15-11(9)16-13(2,3)4/h5-6,10H,1-4H3,(H,15,16)(H,17,18,19,20). The Bertz CT molecular complexity index is 653. The highest BCUT2D eigenvalue weighted by atomic mass is 79.9. The molecule has 2 aromatic rings. The number of ether oxygens (including phenoxy) is 1. The maximum absolute atomic E-state index is 11.4. The van der Waals surface area contributed by atoms with Crippen molar-refractivity contribution in [2.75, 3.05) is 5.32 Å². The Morgan fingerprint density at radius 1 is 1.45 bits per heavy atom. The monoisotopic (exact) mass is 368 g/mol. The smallest absolute Gasteiger partial charge is 0.303 e. The number of halogens is 1. The van der Waals surface area contributed by atoms with Crippen LogP contribution in [0.4, 0.5) is 5.82 Å². The zero-order valence-electron chi connectivity index (χ0n) is 12.7. The molecule has 22 heavy (non-hydrogen) atoms. The van der Waals surface area contributed by atoms with Gasteiger partial charge in [-0.2, -0.15) is 5.21 Å². The zero-order valence-corrected chi connectivity index (χ0v) is 14.3. The zero-order chi connectivity index (χ0) is 16.3. The summed E-state index contributed by atoms with van der Waals surface area (Å²) >= 11 is 3.38. The number of hydrogen-bond donors (Lipinski definition) is 2. The highest BCUT2D eigenvalue weighted by molar-refractivity contribution is 9.10. The molecule has 0 aromatic carbocycles. The van der Waals surface area contributed by atoms with Gasteiger partial charge in [0.25, 0.3) is 0 Å². The van der Waals surface area contributed by atoms with Gasteiger partial charge >= 0.3 is 5.97 Å². The van der Waals surface area contributed by atoms with Crippen molar-refractivity contribution in [1.29, 1.82) is 0 Å². The summed E-state index contributed by atoms with van der Waals surface area (Å²) in [5, 5.41) is 17.0. The van der Waals surface area contributed by atoms with Crippen LogP contribution >= 0.6 is 15.9 Å². The minimum Gasteiger partial charge on any atom is -0.449 e. The minimum absolute atomic E-state index is 0.215. The van der Waals surface area contributed by atoms with Gasteiger partial charge in [0, 0.05) is 28.7 Å². The van der Waals surface area contributed by atoms with Crippen LogP contribution in [0.2, 0.25) is 0 Å². The first-order valence-electron chi connectivity index (χ1n) is 6.60. The van der Waals surface area contributed by atoms with Crippen LogP contribution < -0.4 is 5.32 Å². The van der Waals surface area contributed by atoms with Crippen LogP contribution in [0.3, 0.4) is 0 Å². The number of aromatic nitrogens is 5. The van der Waals surface area contributed by atoms with Gasteiger partial charge in [-0.3, -0.25) is 4.79 Å². The number of anilines is 1. The molecule has 0 aliphatic heterocycles. The van der Waals surface area contributed by atoms with E-state index in [2.05, 4.69) is 46.9 Å². The van der Waals surface area contributed by atoms with E-state index in [1.54, 1.807) is 6.20 Å². The highest BCUT2D eigenvalue weighted by Gasteiger charge is 2.27. The van der Waals surface area contributed by atoms with E-state index in [1.165, 1.54) is 6.92 Å². The molecule has 0 amide bonds. The molecule has 0 aliphatic rings. The maximum Gasteiger partial charge on any atom is 0.303 e. The number of esters is 1. The summed E-state index contributed by atoms with van der Waals surface area (Å²) in [6.07, 6.45) is 0.865. The fourth-order valence-corrected chi connectivity index (χ4v) is 2.17. The predicted octanol–water partition coefficient (Wildman–Crippen LogP) is 2.22. The lowest BCUT2D eigenvalue weighted by atomic mass is 10.1. The fourth-order valence-electron chi connectivity index (χ4n) is 1.82. The van der Waals surface area contributed by atoms with E-state index >= 15 is 0 Å². The maximum atomic E-state index is 11.4. The normalized spacial score (nSPS) is 12.8. The molecule has 2 heterocycles. The van der Waals surface area contributed by atoms with Crippen molar-refractivity contribution in [2.45, 2.75) is 39.3 Å². The van der Waals surface area contributed by atoms with Crippen molar-refractivity contribution < 1.29 is 9.53 Å². The predicted molar refractivity (Wildman–Crippen MR) is 83.1 cm³/mol. The molecule has 9 heteroatoms. The van der Waals surface area contributed by atoms with Gasteiger partial charge in [0.05, 0.1) is 0 Å². The van der Waals surface area contributed by atoms with E-state index < -0.39 is 12.1 Å². The fraction of sp³-hybridized carbons (Fsp3) is 0.462. The van der Waals surface area contributed by atoms with Gasteiger partial charge in [0.15, 0.2) is 6.10 Å². The van der Waals surface area contributed by atoms with Crippen LogP contribution in [0.25, 0.3) is 0 Å². The van der Waals surface area contributed by atoms with Crippen molar-refractivity contribution in [3.05, 3.63) is 28.1 Å². The second-order valence-corrected chi connectivity index (χ2v) is 6.64. The van der Waals surface area contributed by atoms with Crippen molar-refractivity contribution in [3.8, 4) is 0 Å². The van der Waals surface area contributed by atoms with Crippen LogP contribution in [0.5, 0.6) is 0 Å². The number of H-pyrrole nitrogens is 1. The quantitative estimate of drug-likeness (QED) is 0.796. The topological polar surface area (TPSA) is 106 Å². The Morgan fingerprint density at radius 2 is 2.18 bits per heavy atom. The molecule has 0 saturated carbocycles. The first-order valence-corrected chi connectivity index (χ1v) is 7.40. The van der Waals surface area contributed by atoms with Gasteiger partial charge in [-0.15, -0.1) is 10.2 Å². The third-order valence-electron chi connectivity index (χ3n) is 2.54. The SMILES string of the molecule is CC(=O)OC(c1nn[nH]n1)c1cc(Br)cnc1NC(C)(C)C. The van der Waals surface area contributed by atoms with Gasteiger partial charge in [0.1, 0.15) is 5.82 Å². The Labute approximate surface area is 136 Å². The van der Waals surface area contributed by atoms with E-state index in [0.29, 0.717) is 11.4 Å². The molecule has 0 saturated heterocycles. The summed E-state index contributed by atoms with van der Waals surface area (Å²) in [5.41, 5.74) is 0.425. The van der Waals surface area contributed by atoms with Gasteiger partial charge in [-0.05, 0) is 42.8 Å². The number of pyridine rings is 1. The number of aromatic amines is 1. The third-order valence-corrected chi connectivity index (χ3v) is 2.97. The number of nitrogens with one attached hydrogen (secondary N) is 2. The lowest BCUT2D eigenvalue weighted by Gasteiger charge is -2.25. The summed E-state index contributed by atoms with van der Waals surface area (Å²) < 4.78 is 6.12. The molecule has 1 atom stereocenters. The highest BCUT2D eigenvalue weighted by Crippen LogP contribution is 2.31. The Balaban J connectivity index is 2.50. The van der Waals surface area contributed by atoms with Crippen molar-refractivity contribution >= 4 is 27.7 Å². The van der Waals surface area contributed by atoms with Crippen molar-refractivity contribution in [1.82, 2.24) is 25.6 Å². The minimum atomic E-state index is -0.800. The first kappa shape index (κ1) is 16.3. The number of hydrogen-bond acceptors (Lipinski definition) is 7. The van der Waals surface area contributed by atoms with E-state index in [1.807, 2.05) is 26.8 Å². The van der Waals surface area contributed by atoms with Crippen LogP contribution in [0.1, 0.15) is 45.2 Å². The summed E-state index contributed by atoms with van der Waals surface area (Å²) in [5.74, 6) is 0.398. The average Bonchev–Trinajstić information content (AvgIpc) is 2.90. The molecule has 8 nitrogen and oxygen atoms in total. The molecular formula is C13H17BrN6O2. The number of carbonyl (C=O) groups excluding carboxylic acids is 1. The van der Waals surface area contributed by atoms with E-state index in [9.17, 15) is 4.79 Å². The van der Waals surface area contributed by atoms with Gasteiger partial charge < -0.3 is 10.1 Å². The first-order chi connectivity index (χ1) is 10.3. The Morgan fingerprint density at radius 3 is 2.73 bits per heavy atom. The van der Waals surface area contributed by atoms with Crippen LogP contribution in [-0.4, -0.2) is 37.1 Å². The Kier molecular flexibility index (Phi) is 4.74. The lowest BCUT2D eigenvalue weighted by Crippen LogP contribution is -2.28. The number of carbonyl (C=O) groups is 1. The lowest BCUT2D eigenvalue weighted by molar-refractivity contribution is -0.145.